The van der Waals surface area contributed by atoms with Crippen LogP contribution in [0.15, 0.2) is 42.5 Å². The number of hydrogen-bond acceptors (Lipinski definition) is 14. The summed E-state index contributed by atoms with van der Waals surface area (Å²) in [4.78, 5) is 17.7. The van der Waals surface area contributed by atoms with E-state index in [0.29, 0.717) is 71.6 Å². The first-order chi connectivity index (χ1) is 33.6. The molecule has 3 aliphatic carbocycles. The molecule has 0 radical (unpaired) electrons. The summed E-state index contributed by atoms with van der Waals surface area (Å²) in [6.45, 7) is 2.33. The predicted molar refractivity (Wildman–Crippen MR) is 271 cm³/mol. The number of phenolic OH excluding ortho intramolecular Hbond substituents is 2. The lowest BCUT2D eigenvalue weighted by molar-refractivity contribution is -0.141. The normalized spacial score (nSPS) is 27.1. The maximum atomic E-state index is 12.9. The molecule has 3 aromatic carbocycles. The summed E-state index contributed by atoms with van der Waals surface area (Å²) in [7, 11) is 5.41. The van der Waals surface area contributed by atoms with Gasteiger partial charge in [0.2, 0.25) is 0 Å². The van der Waals surface area contributed by atoms with Gasteiger partial charge in [-0.25, -0.2) is 4.98 Å². The third kappa shape index (κ3) is 8.70. The van der Waals surface area contributed by atoms with Crippen molar-refractivity contribution in [3.05, 3.63) is 92.7 Å². The molecule has 4 aliphatic heterocycles. The SMILES string of the molecule is COc1cc(O)cc2c1-c1ccc3c4c1C1(CCC(Cc5ccc(N)nc5C#CCc5c(CNCCCO)c(O)c6c(c5C(O4)C3COC(C)=O)C=CC3NC4CCCC(CSSCC3O6)C4)C1)C2. The van der Waals surface area contributed by atoms with E-state index in [9.17, 15) is 20.1 Å². The summed E-state index contributed by atoms with van der Waals surface area (Å²) in [6.07, 6.45) is 13.0. The highest BCUT2D eigenvalue weighted by atomic mass is 33.1. The molecule has 362 valence electrons. The molecule has 11 rings (SSSR count). The first kappa shape index (κ1) is 46.3. The molecule has 1 saturated heterocycles. The lowest BCUT2D eigenvalue weighted by atomic mass is 9.65. The van der Waals surface area contributed by atoms with Crippen molar-refractivity contribution in [2.45, 2.75) is 120 Å². The zero-order valence-electron chi connectivity index (χ0n) is 39.4. The number of nitrogens with two attached hydrogens (primary N) is 1. The van der Waals surface area contributed by atoms with Crippen molar-refractivity contribution in [1.29, 1.82) is 0 Å². The fraction of sp³-hybridized carbons (Fsp3) is 0.491. The van der Waals surface area contributed by atoms with Crippen LogP contribution < -0.4 is 30.6 Å². The fourth-order valence-electron chi connectivity index (χ4n) is 12.8. The van der Waals surface area contributed by atoms with Crippen LogP contribution in [0.1, 0.15) is 121 Å². The highest BCUT2D eigenvalue weighted by Crippen LogP contribution is 2.63. The minimum absolute atomic E-state index is 0.0276. The lowest BCUT2D eigenvalue weighted by Crippen LogP contribution is -2.49. The lowest BCUT2D eigenvalue weighted by Gasteiger charge is -2.39. The number of anilines is 1. The van der Waals surface area contributed by atoms with Gasteiger partial charge in [0.15, 0.2) is 11.5 Å². The van der Waals surface area contributed by atoms with Gasteiger partial charge in [-0.15, -0.1) is 0 Å². The first-order valence-electron chi connectivity index (χ1n) is 24.8. The number of esters is 1. The van der Waals surface area contributed by atoms with Crippen LogP contribution in [0.2, 0.25) is 0 Å². The largest absolute Gasteiger partial charge is 0.508 e. The summed E-state index contributed by atoms with van der Waals surface area (Å²) < 4.78 is 27.0. The number of aromatic nitrogens is 1. The number of rotatable bonds is 8. The molecule has 8 unspecified atom stereocenters. The Kier molecular flexibility index (Phi) is 13.0. The van der Waals surface area contributed by atoms with Crippen molar-refractivity contribution < 1.29 is 39.1 Å². The number of carbonyl (C=O) groups is 1. The van der Waals surface area contributed by atoms with Gasteiger partial charge in [-0.05, 0) is 116 Å². The second kappa shape index (κ2) is 19.3. The Morgan fingerprint density at radius 1 is 1.07 bits per heavy atom. The summed E-state index contributed by atoms with van der Waals surface area (Å²) >= 11 is 0. The van der Waals surface area contributed by atoms with E-state index in [4.69, 9.17) is 29.7 Å². The molecule has 8 atom stereocenters. The monoisotopic (exact) mass is 970 g/mol. The molecule has 3 fully saturated rings. The number of aliphatic hydroxyl groups is 1. The van der Waals surface area contributed by atoms with Gasteiger partial charge in [-0.2, -0.15) is 0 Å². The Balaban J connectivity index is 1.17. The molecule has 0 amide bonds. The number of pyridine rings is 1. The van der Waals surface area contributed by atoms with Crippen LogP contribution in [-0.2, 0) is 40.8 Å². The van der Waals surface area contributed by atoms with Gasteiger partial charge in [-0.3, -0.25) is 4.79 Å². The molecule has 6 bridgehead atoms. The van der Waals surface area contributed by atoms with Crippen LogP contribution in [-0.4, -0.2) is 82.8 Å². The summed E-state index contributed by atoms with van der Waals surface area (Å²) in [5.41, 5.74) is 15.8. The van der Waals surface area contributed by atoms with Crippen molar-refractivity contribution >= 4 is 39.5 Å². The minimum atomic E-state index is -0.695. The smallest absolute Gasteiger partial charge is 0.302 e. The van der Waals surface area contributed by atoms with Crippen molar-refractivity contribution in [3.63, 3.8) is 0 Å². The Hall–Kier alpha value is -5.04. The van der Waals surface area contributed by atoms with Crippen LogP contribution in [0.3, 0.4) is 0 Å². The number of nitrogens with zero attached hydrogens (tertiary/aromatic N) is 1. The van der Waals surface area contributed by atoms with Gasteiger partial charge < -0.3 is 50.6 Å². The van der Waals surface area contributed by atoms with Gasteiger partial charge >= 0.3 is 5.97 Å². The van der Waals surface area contributed by atoms with Gasteiger partial charge in [-0.1, -0.05) is 64.3 Å². The number of methoxy groups -OCH3 is 1. The van der Waals surface area contributed by atoms with Crippen LogP contribution in [0.25, 0.3) is 17.2 Å². The highest BCUT2D eigenvalue weighted by Gasteiger charge is 2.51. The molecule has 5 heterocycles. The number of ether oxygens (including phenoxy) is 4. The van der Waals surface area contributed by atoms with Crippen LogP contribution in [0.5, 0.6) is 28.7 Å². The number of hydrogen-bond donors (Lipinski definition) is 6. The molecule has 7 N–H and O–H groups in total. The molecular weight excluding hydrogens is 909 g/mol. The molecular formula is C55H62N4O8S2. The first-order valence-corrected chi connectivity index (χ1v) is 27.3. The number of fused-ring (bicyclic) bond motifs is 12. The van der Waals surface area contributed by atoms with Crippen molar-refractivity contribution in [2.75, 3.05) is 44.1 Å². The zero-order valence-corrected chi connectivity index (χ0v) is 41.0. The number of nitrogen functional groups attached to an aromatic ring is 1. The number of phenols is 2. The second-order valence-electron chi connectivity index (χ2n) is 20.3. The van der Waals surface area contributed by atoms with E-state index in [1.807, 2.05) is 33.7 Å². The van der Waals surface area contributed by atoms with E-state index < -0.39 is 12.0 Å². The topological polar surface area (TPSA) is 178 Å². The average Bonchev–Trinajstić information content (AvgIpc) is 3.85. The molecule has 4 aromatic rings. The summed E-state index contributed by atoms with van der Waals surface area (Å²) in [5, 5.41) is 41.2. The predicted octanol–water partition coefficient (Wildman–Crippen LogP) is 8.43. The van der Waals surface area contributed by atoms with Gasteiger partial charge in [0.1, 0.15) is 47.6 Å². The quantitative estimate of drug-likeness (QED) is 0.0429. The van der Waals surface area contributed by atoms with Gasteiger partial charge in [0.05, 0.1) is 19.1 Å². The standard InChI is InChI=1S/C55H62N4O8S2/c1-30(61)65-27-42-38-11-12-39-48-34(22-36(62)23-45(48)64-2)25-55-17-16-31(24-55)20-33-10-15-47(56)59-43(33)9-4-8-37-41(26-57-18-5-19-60)51(63)54-40(49(37)52(42)67-53(38)50(39)55)13-14-44-46(66-54)29-69-68-28-32-6-3-7-35(21-32)58-44/h10-15,22-23,31-32,35,42,44,46,52,57-58,60,62-63H,3,5-8,16-21,24-29H2,1-2H3,(H2,56,59). The second-order valence-corrected chi connectivity index (χ2v) is 22.8. The van der Waals surface area contributed by atoms with E-state index in [1.54, 1.807) is 13.2 Å². The fourth-order valence-corrected chi connectivity index (χ4v) is 15.5. The maximum Gasteiger partial charge on any atom is 0.302 e. The number of benzene rings is 3. The molecule has 12 nitrogen and oxygen atoms in total. The van der Waals surface area contributed by atoms with E-state index in [2.05, 4.69) is 52.8 Å². The number of aromatic hydroxyl groups is 2. The van der Waals surface area contributed by atoms with E-state index in [1.165, 1.54) is 19.8 Å². The van der Waals surface area contributed by atoms with Crippen molar-refractivity contribution in [3.8, 4) is 51.7 Å². The van der Waals surface area contributed by atoms with E-state index in [-0.39, 0.29) is 61.2 Å². The maximum absolute atomic E-state index is 12.9. The molecule has 69 heavy (non-hydrogen) atoms. The highest BCUT2D eigenvalue weighted by molar-refractivity contribution is 8.76. The molecule has 2 saturated carbocycles. The van der Waals surface area contributed by atoms with E-state index in [0.717, 1.165) is 100 Å². The molecule has 14 heteroatoms. The van der Waals surface area contributed by atoms with Gasteiger partial charge in [0, 0.05) is 88.9 Å². The Morgan fingerprint density at radius 2 is 1.96 bits per heavy atom. The number of carbonyl (C=O) groups excluding carboxylic acids is 1. The van der Waals surface area contributed by atoms with Crippen LogP contribution >= 0.6 is 21.6 Å². The number of aliphatic hydroxyl groups excluding tert-OH is 1. The molecule has 1 spiro atoms. The Labute approximate surface area is 412 Å². The summed E-state index contributed by atoms with van der Waals surface area (Å²) in [6, 6.07) is 12.0. The molecule has 7 aliphatic rings. The third-order valence-electron chi connectivity index (χ3n) is 15.9. The van der Waals surface area contributed by atoms with Crippen molar-refractivity contribution in [1.82, 2.24) is 15.6 Å². The van der Waals surface area contributed by atoms with Gasteiger partial charge in [0.25, 0.3) is 0 Å². The third-order valence-corrected chi connectivity index (χ3v) is 18.4. The summed E-state index contributed by atoms with van der Waals surface area (Å²) in [5.74, 6) is 11.3. The van der Waals surface area contributed by atoms with Crippen LogP contribution in [0, 0.1) is 23.7 Å². The molecule has 1 aromatic heterocycles. The van der Waals surface area contributed by atoms with Crippen LogP contribution in [0.4, 0.5) is 5.82 Å². The average molecular weight is 971 g/mol. The Morgan fingerprint density at radius 3 is 2.81 bits per heavy atom. The Bertz CT molecular complexity index is 2770. The number of nitrogens with one attached hydrogen (secondary N) is 2. The zero-order chi connectivity index (χ0) is 47.4. The van der Waals surface area contributed by atoms with Crippen molar-refractivity contribution in [2.24, 2.45) is 11.8 Å². The minimum Gasteiger partial charge on any atom is -0.508 e. The van der Waals surface area contributed by atoms with E-state index >= 15 is 0 Å².